The summed E-state index contributed by atoms with van der Waals surface area (Å²) in [4.78, 5) is 0. The van der Waals surface area contributed by atoms with Gasteiger partial charge in [-0.1, -0.05) is 18.5 Å². The van der Waals surface area contributed by atoms with Crippen LogP contribution in [0.5, 0.6) is 0 Å². The van der Waals surface area contributed by atoms with E-state index >= 15 is 0 Å². The van der Waals surface area contributed by atoms with Gasteiger partial charge in [0, 0.05) is 5.02 Å². The Morgan fingerprint density at radius 3 is 2.65 bits per heavy atom. The molecule has 0 fully saturated rings. The molecule has 1 N–H and O–H groups in total. The highest BCUT2D eigenvalue weighted by molar-refractivity contribution is 9.12. The molecule has 6 heteroatoms. The van der Waals surface area contributed by atoms with Crippen LogP contribution in [0, 0.1) is 5.82 Å². The third-order valence-corrected chi connectivity index (χ3v) is 5.59. The highest BCUT2D eigenvalue weighted by atomic mass is 79.9. The molecule has 1 unspecified atom stereocenters. The fourth-order valence-electron chi connectivity index (χ4n) is 1.96. The zero-order valence-corrected chi connectivity index (χ0v) is 15.5. The average Bonchev–Trinajstić information content (AvgIpc) is 2.73. The van der Waals surface area contributed by atoms with Gasteiger partial charge in [0.2, 0.25) is 0 Å². The minimum Gasteiger partial charge on any atom is -0.306 e. The summed E-state index contributed by atoms with van der Waals surface area (Å²) in [6.07, 6.45) is 0.992. The van der Waals surface area contributed by atoms with Crippen LogP contribution in [0.25, 0.3) is 0 Å². The smallest absolute Gasteiger partial charge is 0.123 e. The van der Waals surface area contributed by atoms with Crippen LogP contribution in [0.15, 0.2) is 31.8 Å². The van der Waals surface area contributed by atoms with Crippen molar-refractivity contribution in [3.63, 3.8) is 0 Å². The van der Waals surface area contributed by atoms with Gasteiger partial charge in [-0.25, -0.2) is 4.39 Å². The number of rotatable bonds is 5. The van der Waals surface area contributed by atoms with Gasteiger partial charge >= 0.3 is 0 Å². The summed E-state index contributed by atoms with van der Waals surface area (Å²) in [5.41, 5.74) is 1.81. The number of hydrogen-bond donors (Lipinski definition) is 1. The van der Waals surface area contributed by atoms with E-state index in [1.807, 2.05) is 6.07 Å². The van der Waals surface area contributed by atoms with Crippen molar-refractivity contribution < 1.29 is 4.39 Å². The molecule has 20 heavy (non-hydrogen) atoms. The molecular formula is C14H13Br2ClFNS. The summed E-state index contributed by atoms with van der Waals surface area (Å²) < 4.78 is 15.6. The van der Waals surface area contributed by atoms with Crippen molar-refractivity contribution in [2.24, 2.45) is 0 Å². The lowest BCUT2D eigenvalue weighted by Gasteiger charge is -2.20. The lowest BCUT2D eigenvalue weighted by Crippen LogP contribution is -2.23. The molecular weight excluding hydrogens is 428 g/mol. The number of benzene rings is 1. The van der Waals surface area contributed by atoms with Gasteiger partial charge in [-0.15, -0.1) is 11.3 Å². The Labute approximate surface area is 143 Å². The maximum atomic E-state index is 13.5. The number of halogens is 4. The van der Waals surface area contributed by atoms with E-state index in [1.165, 1.54) is 12.1 Å². The molecule has 1 aromatic heterocycles. The minimum absolute atomic E-state index is 0.130. The molecule has 0 saturated heterocycles. The van der Waals surface area contributed by atoms with Crippen LogP contribution >= 0.6 is 54.8 Å². The Kier molecular flexibility index (Phi) is 6.05. The number of thiophene rings is 1. The second-order valence-corrected chi connectivity index (χ2v) is 8.49. The molecule has 0 radical (unpaired) electrons. The van der Waals surface area contributed by atoms with Crippen LogP contribution < -0.4 is 5.32 Å². The van der Waals surface area contributed by atoms with E-state index in [0.717, 1.165) is 31.7 Å². The van der Waals surface area contributed by atoms with Gasteiger partial charge < -0.3 is 5.32 Å². The van der Waals surface area contributed by atoms with E-state index < -0.39 is 0 Å². The highest BCUT2D eigenvalue weighted by Crippen LogP contribution is 2.39. The largest absolute Gasteiger partial charge is 0.306 e. The first-order valence-corrected chi connectivity index (χ1v) is 8.94. The fraction of sp³-hybridized carbons (Fsp3) is 0.286. The Bertz CT molecular complexity index is 603. The van der Waals surface area contributed by atoms with E-state index in [9.17, 15) is 4.39 Å². The zero-order chi connectivity index (χ0) is 14.7. The van der Waals surface area contributed by atoms with Crippen LogP contribution in [0.2, 0.25) is 5.02 Å². The standard InChI is InChI=1S/C14H13Br2ClFNS/c1-2-5-19-13(10-7-12(15)20-14(10)16)9-6-8(18)3-4-11(9)17/h3-4,6-7,13,19H,2,5H2,1H3. The third-order valence-electron chi connectivity index (χ3n) is 2.86. The molecule has 1 atom stereocenters. The summed E-state index contributed by atoms with van der Waals surface area (Å²) in [5.74, 6) is -0.280. The molecule has 1 nitrogen and oxygen atoms in total. The van der Waals surface area contributed by atoms with Crippen molar-refractivity contribution in [3.05, 3.63) is 53.8 Å². The summed E-state index contributed by atoms with van der Waals surface area (Å²) in [6, 6.07) is 6.37. The quantitative estimate of drug-likeness (QED) is 0.586. The van der Waals surface area contributed by atoms with Crippen molar-refractivity contribution in [1.82, 2.24) is 5.32 Å². The van der Waals surface area contributed by atoms with Crippen LogP contribution in [-0.2, 0) is 0 Å². The van der Waals surface area contributed by atoms with Crippen LogP contribution in [-0.4, -0.2) is 6.54 Å². The van der Waals surface area contributed by atoms with Gasteiger partial charge in [0.25, 0.3) is 0 Å². The van der Waals surface area contributed by atoms with Gasteiger partial charge in [0.15, 0.2) is 0 Å². The molecule has 1 heterocycles. The van der Waals surface area contributed by atoms with Crippen molar-refractivity contribution >= 4 is 54.8 Å². The topological polar surface area (TPSA) is 12.0 Å². The SMILES string of the molecule is CCCNC(c1cc(F)ccc1Cl)c1cc(Br)sc1Br. The molecule has 0 spiro atoms. The lowest BCUT2D eigenvalue weighted by atomic mass is 10.0. The monoisotopic (exact) mass is 439 g/mol. The van der Waals surface area contributed by atoms with Gasteiger partial charge in [-0.3, -0.25) is 0 Å². The molecule has 0 amide bonds. The van der Waals surface area contributed by atoms with Crippen molar-refractivity contribution in [1.29, 1.82) is 0 Å². The Morgan fingerprint density at radius 1 is 1.30 bits per heavy atom. The van der Waals surface area contributed by atoms with E-state index in [2.05, 4.69) is 44.1 Å². The molecule has 0 aliphatic carbocycles. The first-order valence-electron chi connectivity index (χ1n) is 6.16. The first-order chi connectivity index (χ1) is 9.52. The first kappa shape index (κ1) is 16.4. The Balaban J connectivity index is 2.46. The molecule has 1 aromatic carbocycles. The van der Waals surface area contributed by atoms with Gasteiger partial charge in [0.1, 0.15) is 5.82 Å². The van der Waals surface area contributed by atoms with Crippen LogP contribution in [0.3, 0.4) is 0 Å². The molecule has 0 aliphatic heterocycles. The molecule has 0 bridgehead atoms. The maximum absolute atomic E-state index is 13.5. The number of nitrogens with one attached hydrogen (secondary N) is 1. The average molecular weight is 442 g/mol. The van der Waals surface area contributed by atoms with Crippen LogP contribution in [0.4, 0.5) is 4.39 Å². The third kappa shape index (κ3) is 3.83. The highest BCUT2D eigenvalue weighted by Gasteiger charge is 2.21. The van der Waals surface area contributed by atoms with Crippen molar-refractivity contribution in [2.75, 3.05) is 6.54 Å². The molecule has 0 saturated carbocycles. The van der Waals surface area contributed by atoms with E-state index in [0.29, 0.717) is 5.02 Å². The second-order valence-electron chi connectivity index (χ2n) is 4.33. The van der Waals surface area contributed by atoms with Gasteiger partial charge in [0.05, 0.1) is 13.6 Å². The summed E-state index contributed by atoms with van der Waals surface area (Å²) >= 11 is 14.9. The number of hydrogen-bond acceptors (Lipinski definition) is 2. The van der Waals surface area contributed by atoms with E-state index in [4.69, 9.17) is 11.6 Å². The van der Waals surface area contributed by atoms with Gasteiger partial charge in [-0.2, -0.15) is 0 Å². The Morgan fingerprint density at radius 2 is 2.05 bits per heavy atom. The molecule has 2 rings (SSSR count). The van der Waals surface area contributed by atoms with Crippen molar-refractivity contribution in [3.8, 4) is 0 Å². The van der Waals surface area contributed by atoms with E-state index in [-0.39, 0.29) is 11.9 Å². The van der Waals surface area contributed by atoms with Crippen molar-refractivity contribution in [2.45, 2.75) is 19.4 Å². The molecule has 108 valence electrons. The minimum atomic E-state index is -0.280. The fourth-order valence-corrected chi connectivity index (χ4v) is 5.09. The van der Waals surface area contributed by atoms with Gasteiger partial charge in [-0.05, 0) is 80.2 Å². The van der Waals surface area contributed by atoms with E-state index in [1.54, 1.807) is 17.4 Å². The summed E-state index contributed by atoms with van der Waals surface area (Å²) in [5, 5.41) is 3.99. The Hall–Kier alpha value is 0.0600. The lowest BCUT2D eigenvalue weighted by molar-refractivity contribution is 0.585. The predicted octanol–water partition coefficient (Wildman–Crippen LogP) is 6.15. The molecule has 0 aliphatic rings. The summed E-state index contributed by atoms with van der Waals surface area (Å²) in [6.45, 7) is 2.92. The predicted molar refractivity (Wildman–Crippen MR) is 91.3 cm³/mol. The summed E-state index contributed by atoms with van der Waals surface area (Å²) in [7, 11) is 0. The van der Waals surface area contributed by atoms with Crippen LogP contribution in [0.1, 0.15) is 30.5 Å². The maximum Gasteiger partial charge on any atom is 0.123 e. The molecule has 2 aromatic rings. The second kappa shape index (κ2) is 7.36. The normalized spacial score (nSPS) is 12.7. The zero-order valence-electron chi connectivity index (χ0n) is 10.7.